The van der Waals surface area contributed by atoms with Crippen LogP contribution in [0.3, 0.4) is 0 Å². The van der Waals surface area contributed by atoms with Crippen LogP contribution in [-0.2, 0) is 0 Å². The molecule has 0 radical (unpaired) electrons. The van der Waals surface area contributed by atoms with Crippen molar-refractivity contribution in [3.8, 4) is 23.0 Å². The maximum Gasteiger partial charge on any atom is 0.161 e. The van der Waals surface area contributed by atoms with E-state index in [9.17, 15) is 0 Å². The lowest BCUT2D eigenvalue weighted by Gasteiger charge is -2.12. The molecular weight excluding hydrogens is 268 g/mol. The van der Waals surface area contributed by atoms with Crippen LogP contribution in [0.15, 0.2) is 42.5 Å². The number of hydrogen-bond donors (Lipinski definition) is 0. The highest BCUT2D eigenvalue weighted by atomic mass is 16.5. The summed E-state index contributed by atoms with van der Waals surface area (Å²) in [5.41, 5.74) is 1.13. The first-order chi connectivity index (χ1) is 10.2. The average molecular weight is 288 g/mol. The minimum atomic E-state index is 0.450. The molecule has 2 aromatic rings. The summed E-state index contributed by atoms with van der Waals surface area (Å²) in [7, 11) is 3.27. The van der Waals surface area contributed by atoms with Crippen molar-refractivity contribution in [1.82, 2.24) is 0 Å². The number of benzene rings is 2. The Morgan fingerprint density at radius 3 is 2.05 bits per heavy atom. The molecule has 0 unspecified atom stereocenters. The summed E-state index contributed by atoms with van der Waals surface area (Å²) >= 11 is 0. The Morgan fingerprint density at radius 2 is 1.38 bits per heavy atom. The molecule has 0 amide bonds. The Bertz CT molecular complexity index is 564. The standard InChI is InChI=1S/C17H20O4/c1-13-4-9-16(17(12-13)19-3)21-11-10-20-15-7-5-14(18-2)6-8-15/h4-9,12H,10-11H2,1-3H3. The van der Waals surface area contributed by atoms with Crippen LogP contribution in [-0.4, -0.2) is 27.4 Å². The molecule has 112 valence electrons. The maximum atomic E-state index is 5.67. The van der Waals surface area contributed by atoms with Gasteiger partial charge in [0.25, 0.3) is 0 Å². The predicted octanol–water partition coefficient (Wildman–Crippen LogP) is 3.47. The van der Waals surface area contributed by atoms with Crippen molar-refractivity contribution in [3.05, 3.63) is 48.0 Å². The first kappa shape index (κ1) is 15.0. The average Bonchev–Trinajstić information content (AvgIpc) is 2.53. The second-order valence-electron chi connectivity index (χ2n) is 4.53. The van der Waals surface area contributed by atoms with E-state index in [1.807, 2.05) is 49.4 Å². The van der Waals surface area contributed by atoms with Crippen LogP contribution in [0.4, 0.5) is 0 Å². The van der Waals surface area contributed by atoms with Gasteiger partial charge in [-0.1, -0.05) is 6.07 Å². The van der Waals surface area contributed by atoms with E-state index in [0.29, 0.717) is 13.2 Å². The molecule has 0 fully saturated rings. The van der Waals surface area contributed by atoms with E-state index in [-0.39, 0.29) is 0 Å². The lowest BCUT2D eigenvalue weighted by atomic mass is 10.2. The van der Waals surface area contributed by atoms with Crippen molar-refractivity contribution in [3.63, 3.8) is 0 Å². The van der Waals surface area contributed by atoms with Gasteiger partial charge in [-0.25, -0.2) is 0 Å². The molecule has 0 heterocycles. The fourth-order valence-electron chi connectivity index (χ4n) is 1.88. The van der Waals surface area contributed by atoms with Crippen LogP contribution in [0.25, 0.3) is 0 Å². The molecule has 0 spiro atoms. The molecule has 21 heavy (non-hydrogen) atoms. The molecule has 2 aromatic carbocycles. The van der Waals surface area contributed by atoms with Crippen LogP contribution in [0.2, 0.25) is 0 Å². The topological polar surface area (TPSA) is 36.9 Å². The van der Waals surface area contributed by atoms with E-state index in [1.165, 1.54) is 0 Å². The SMILES string of the molecule is COc1ccc(OCCOc2ccc(C)cc2OC)cc1. The molecule has 0 atom stereocenters. The van der Waals surface area contributed by atoms with Crippen LogP contribution in [0.1, 0.15) is 5.56 Å². The van der Waals surface area contributed by atoms with Gasteiger partial charge in [-0.2, -0.15) is 0 Å². The summed E-state index contributed by atoms with van der Waals surface area (Å²) in [6.07, 6.45) is 0. The van der Waals surface area contributed by atoms with Gasteiger partial charge in [0, 0.05) is 0 Å². The Labute approximate surface area is 125 Å². The minimum Gasteiger partial charge on any atom is -0.497 e. The highest BCUT2D eigenvalue weighted by molar-refractivity contribution is 5.42. The molecule has 4 heteroatoms. The van der Waals surface area contributed by atoms with Crippen molar-refractivity contribution < 1.29 is 18.9 Å². The summed E-state index contributed by atoms with van der Waals surface area (Å²) < 4.78 is 21.7. The van der Waals surface area contributed by atoms with Crippen molar-refractivity contribution in [1.29, 1.82) is 0 Å². The molecule has 0 aliphatic heterocycles. The minimum absolute atomic E-state index is 0.450. The lowest BCUT2D eigenvalue weighted by Crippen LogP contribution is -2.09. The number of ether oxygens (including phenoxy) is 4. The van der Waals surface area contributed by atoms with Gasteiger partial charge in [-0.15, -0.1) is 0 Å². The molecule has 0 aromatic heterocycles. The third-order valence-electron chi connectivity index (χ3n) is 2.99. The number of aryl methyl sites for hydroxylation is 1. The molecule has 0 N–H and O–H groups in total. The van der Waals surface area contributed by atoms with Crippen molar-refractivity contribution in [2.75, 3.05) is 27.4 Å². The van der Waals surface area contributed by atoms with Crippen LogP contribution in [0, 0.1) is 6.92 Å². The van der Waals surface area contributed by atoms with E-state index in [1.54, 1.807) is 14.2 Å². The second-order valence-corrected chi connectivity index (χ2v) is 4.53. The zero-order chi connectivity index (χ0) is 15.1. The third kappa shape index (κ3) is 4.31. The van der Waals surface area contributed by atoms with E-state index < -0.39 is 0 Å². The molecule has 2 rings (SSSR count). The quantitative estimate of drug-likeness (QED) is 0.731. The molecule has 0 saturated carbocycles. The molecule has 0 aliphatic rings. The monoisotopic (exact) mass is 288 g/mol. The van der Waals surface area contributed by atoms with Gasteiger partial charge in [0.15, 0.2) is 11.5 Å². The lowest BCUT2D eigenvalue weighted by molar-refractivity contribution is 0.211. The highest BCUT2D eigenvalue weighted by Crippen LogP contribution is 2.27. The fourth-order valence-corrected chi connectivity index (χ4v) is 1.88. The van der Waals surface area contributed by atoms with E-state index in [2.05, 4.69) is 0 Å². The fraction of sp³-hybridized carbons (Fsp3) is 0.294. The largest absolute Gasteiger partial charge is 0.497 e. The van der Waals surface area contributed by atoms with Gasteiger partial charge >= 0.3 is 0 Å². The van der Waals surface area contributed by atoms with Gasteiger partial charge in [-0.3, -0.25) is 0 Å². The molecular formula is C17H20O4. The van der Waals surface area contributed by atoms with E-state index in [4.69, 9.17) is 18.9 Å². The smallest absolute Gasteiger partial charge is 0.161 e. The zero-order valence-corrected chi connectivity index (χ0v) is 12.6. The predicted molar refractivity (Wildman–Crippen MR) is 81.7 cm³/mol. The second kappa shape index (κ2) is 7.43. The van der Waals surface area contributed by atoms with Crippen LogP contribution < -0.4 is 18.9 Å². The third-order valence-corrected chi connectivity index (χ3v) is 2.99. The summed E-state index contributed by atoms with van der Waals surface area (Å²) in [5.74, 6) is 3.05. The molecule has 4 nitrogen and oxygen atoms in total. The van der Waals surface area contributed by atoms with E-state index in [0.717, 1.165) is 28.6 Å². The zero-order valence-electron chi connectivity index (χ0n) is 12.6. The van der Waals surface area contributed by atoms with Gasteiger partial charge < -0.3 is 18.9 Å². The number of methoxy groups -OCH3 is 2. The number of hydrogen-bond acceptors (Lipinski definition) is 4. The van der Waals surface area contributed by atoms with Crippen LogP contribution in [0.5, 0.6) is 23.0 Å². The van der Waals surface area contributed by atoms with Crippen LogP contribution >= 0.6 is 0 Å². The molecule has 0 bridgehead atoms. The Kier molecular flexibility index (Phi) is 5.32. The molecule has 0 saturated heterocycles. The van der Waals surface area contributed by atoms with Crippen molar-refractivity contribution in [2.45, 2.75) is 6.92 Å². The Morgan fingerprint density at radius 1 is 0.714 bits per heavy atom. The van der Waals surface area contributed by atoms with Gasteiger partial charge in [-0.05, 0) is 48.9 Å². The first-order valence-corrected chi connectivity index (χ1v) is 6.77. The highest BCUT2D eigenvalue weighted by Gasteiger charge is 2.04. The Hall–Kier alpha value is -2.36. The van der Waals surface area contributed by atoms with Crippen molar-refractivity contribution in [2.24, 2.45) is 0 Å². The maximum absolute atomic E-state index is 5.67. The number of rotatable bonds is 7. The summed E-state index contributed by atoms with van der Waals surface area (Å²) in [5, 5.41) is 0. The summed E-state index contributed by atoms with van der Waals surface area (Å²) in [4.78, 5) is 0. The Balaban J connectivity index is 1.81. The van der Waals surface area contributed by atoms with E-state index >= 15 is 0 Å². The van der Waals surface area contributed by atoms with Gasteiger partial charge in [0.1, 0.15) is 24.7 Å². The first-order valence-electron chi connectivity index (χ1n) is 6.77. The van der Waals surface area contributed by atoms with Gasteiger partial charge in [0.2, 0.25) is 0 Å². The molecule has 0 aliphatic carbocycles. The summed E-state index contributed by atoms with van der Waals surface area (Å²) in [6.45, 7) is 2.92. The normalized spacial score (nSPS) is 10.0. The van der Waals surface area contributed by atoms with Crippen molar-refractivity contribution >= 4 is 0 Å². The summed E-state index contributed by atoms with van der Waals surface area (Å²) in [6, 6.07) is 13.3. The van der Waals surface area contributed by atoms with Gasteiger partial charge in [0.05, 0.1) is 14.2 Å².